The van der Waals surface area contributed by atoms with E-state index in [4.69, 9.17) is 0 Å². The molecular formula is C31H52O3. The van der Waals surface area contributed by atoms with Crippen LogP contribution in [0.5, 0.6) is 0 Å². The van der Waals surface area contributed by atoms with Gasteiger partial charge in [-0.15, -0.1) is 0 Å². The minimum Gasteiger partial charge on any atom is -0.393 e. The predicted molar refractivity (Wildman–Crippen MR) is 137 cm³/mol. The fourth-order valence-corrected chi connectivity index (χ4v) is 11.7. The molecule has 10 atom stereocenters. The van der Waals surface area contributed by atoms with E-state index in [0.717, 1.165) is 51.4 Å². The molecule has 5 rings (SSSR count). The maximum atomic E-state index is 12.7. The second-order valence-electron chi connectivity index (χ2n) is 16.1. The highest BCUT2D eigenvalue weighted by Gasteiger charge is 2.76. The Morgan fingerprint density at radius 3 is 2.00 bits per heavy atom. The van der Waals surface area contributed by atoms with Crippen LogP contribution >= 0.6 is 0 Å². The molecule has 2 unspecified atom stereocenters. The van der Waals surface area contributed by atoms with Crippen molar-refractivity contribution in [3.05, 3.63) is 0 Å². The molecule has 5 aliphatic carbocycles. The van der Waals surface area contributed by atoms with Crippen LogP contribution in [-0.2, 0) is 4.79 Å². The largest absolute Gasteiger partial charge is 0.393 e. The third kappa shape index (κ3) is 2.75. The summed E-state index contributed by atoms with van der Waals surface area (Å²) in [6, 6.07) is 0. The number of aldehydes is 1. The lowest BCUT2D eigenvalue weighted by Gasteiger charge is -2.78. The quantitative estimate of drug-likeness (QED) is 0.413. The molecule has 0 amide bonds. The monoisotopic (exact) mass is 472 g/mol. The molecule has 0 spiro atoms. The first-order chi connectivity index (χ1) is 15.5. The highest BCUT2D eigenvalue weighted by atomic mass is 16.3. The molecule has 3 heteroatoms. The zero-order valence-electron chi connectivity index (χ0n) is 23.3. The molecule has 0 saturated heterocycles. The number of hydrogen-bond donors (Lipinski definition) is 2. The predicted octanol–water partition coefficient (Wildman–Crippen LogP) is 6.79. The first-order valence-corrected chi connectivity index (χ1v) is 14.4. The van der Waals surface area contributed by atoms with Crippen molar-refractivity contribution < 1.29 is 15.0 Å². The molecule has 0 aromatic rings. The standard InChI is InChI=1S/C31H52O3/c1-25(2)13-15-31(19-32)16-14-28(6)24(20(31)17-25)21(33)18-30(8)27(5)11-10-23(34)26(3,4)22(27)9-12-29(28,30)7/h19-24,33-34H,9-18H2,1-8H3/t20?,21-,22+,23+,24?,27+,28-,29+,30-,31-/m1/s1. The Morgan fingerprint density at radius 2 is 1.35 bits per heavy atom. The molecule has 0 heterocycles. The normalized spacial score (nSPS) is 58.0. The molecule has 0 aromatic heterocycles. The molecule has 194 valence electrons. The van der Waals surface area contributed by atoms with E-state index in [0.29, 0.717) is 11.8 Å². The van der Waals surface area contributed by atoms with Crippen molar-refractivity contribution in [2.24, 2.45) is 55.7 Å². The van der Waals surface area contributed by atoms with Crippen LogP contribution in [0.25, 0.3) is 0 Å². The molecule has 5 saturated carbocycles. The molecule has 0 bridgehead atoms. The maximum absolute atomic E-state index is 12.7. The molecule has 0 radical (unpaired) electrons. The van der Waals surface area contributed by atoms with Gasteiger partial charge in [-0.25, -0.2) is 0 Å². The number of aliphatic hydroxyl groups is 2. The van der Waals surface area contributed by atoms with E-state index in [9.17, 15) is 15.0 Å². The first-order valence-electron chi connectivity index (χ1n) is 14.4. The van der Waals surface area contributed by atoms with Crippen molar-refractivity contribution >= 4 is 6.29 Å². The first kappa shape index (κ1) is 25.2. The van der Waals surface area contributed by atoms with Crippen LogP contribution < -0.4 is 0 Å². The van der Waals surface area contributed by atoms with Gasteiger partial charge in [0.2, 0.25) is 0 Å². The van der Waals surface area contributed by atoms with Gasteiger partial charge in [0.05, 0.1) is 12.2 Å². The van der Waals surface area contributed by atoms with Crippen LogP contribution in [0.15, 0.2) is 0 Å². The van der Waals surface area contributed by atoms with Crippen LogP contribution in [0.3, 0.4) is 0 Å². The topological polar surface area (TPSA) is 57.5 Å². The second kappa shape index (κ2) is 7.12. The lowest BCUT2D eigenvalue weighted by molar-refractivity contribution is -0.314. The average Bonchev–Trinajstić information content (AvgIpc) is 2.74. The van der Waals surface area contributed by atoms with Crippen molar-refractivity contribution in [2.45, 2.75) is 132 Å². The van der Waals surface area contributed by atoms with Gasteiger partial charge in [0.25, 0.3) is 0 Å². The van der Waals surface area contributed by atoms with Gasteiger partial charge in [-0.3, -0.25) is 0 Å². The van der Waals surface area contributed by atoms with Gasteiger partial charge in [-0.2, -0.15) is 0 Å². The SMILES string of the molecule is CC1(C)CC[C@]2(C=O)CC[C@]3(C)C(C2C1)[C@H](O)C[C@@]1(C)[C@@]3(C)CC[C@H]2C(C)(C)[C@@H](O)CC[C@@]21C. The van der Waals surface area contributed by atoms with Crippen molar-refractivity contribution in [1.82, 2.24) is 0 Å². The fraction of sp³-hybridized carbons (Fsp3) is 0.968. The third-order valence-electron chi connectivity index (χ3n) is 14.5. The summed E-state index contributed by atoms with van der Waals surface area (Å²) >= 11 is 0. The van der Waals surface area contributed by atoms with Crippen LogP contribution in [-0.4, -0.2) is 28.7 Å². The number of fused-ring (bicyclic) bond motifs is 7. The van der Waals surface area contributed by atoms with E-state index in [1.54, 1.807) is 0 Å². The summed E-state index contributed by atoms with van der Waals surface area (Å²) in [5.41, 5.74) is 0.168. The van der Waals surface area contributed by atoms with E-state index in [1.807, 2.05) is 0 Å². The highest BCUT2D eigenvalue weighted by molar-refractivity contribution is 5.61. The number of aliphatic hydroxyl groups excluding tert-OH is 2. The lowest BCUT2D eigenvalue weighted by atomic mass is 9.27. The summed E-state index contributed by atoms with van der Waals surface area (Å²) in [6.45, 7) is 19.4. The van der Waals surface area contributed by atoms with E-state index in [1.165, 1.54) is 19.1 Å². The van der Waals surface area contributed by atoms with E-state index >= 15 is 0 Å². The summed E-state index contributed by atoms with van der Waals surface area (Å²) < 4.78 is 0. The Kier molecular flexibility index (Phi) is 5.29. The number of hydrogen-bond acceptors (Lipinski definition) is 3. The Morgan fingerprint density at radius 1 is 0.706 bits per heavy atom. The lowest BCUT2D eigenvalue weighted by Crippen LogP contribution is -2.74. The number of carbonyl (C=O) groups excluding carboxylic acids is 1. The summed E-state index contributed by atoms with van der Waals surface area (Å²) in [6.07, 6.45) is 11.1. The van der Waals surface area contributed by atoms with Crippen LogP contribution in [0.2, 0.25) is 0 Å². The molecule has 0 aliphatic heterocycles. The van der Waals surface area contributed by atoms with Crippen molar-refractivity contribution in [3.63, 3.8) is 0 Å². The molecule has 2 N–H and O–H groups in total. The number of carbonyl (C=O) groups is 1. The molecule has 0 aromatic carbocycles. The summed E-state index contributed by atoms with van der Waals surface area (Å²) in [7, 11) is 0. The minimum atomic E-state index is -0.355. The summed E-state index contributed by atoms with van der Waals surface area (Å²) in [5.74, 6) is 0.964. The minimum absolute atomic E-state index is 0.0103. The summed E-state index contributed by atoms with van der Waals surface area (Å²) in [4.78, 5) is 12.7. The number of rotatable bonds is 1. The van der Waals surface area contributed by atoms with E-state index < -0.39 is 0 Å². The summed E-state index contributed by atoms with van der Waals surface area (Å²) in [5, 5.41) is 23.1. The Balaban J connectivity index is 1.62. The van der Waals surface area contributed by atoms with E-state index in [2.05, 4.69) is 55.4 Å². The zero-order chi connectivity index (χ0) is 25.2. The van der Waals surface area contributed by atoms with Gasteiger partial charge < -0.3 is 15.0 Å². The van der Waals surface area contributed by atoms with Gasteiger partial charge >= 0.3 is 0 Å². The highest BCUT2D eigenvalue weighted by Crippen LogP contribution is 2.81. The Bertz CT molecular complexity index is 863. The average molecular weight is 473 g/mol. The molecule has 5 fully saturated rings. The Labute approximate surface area is 208 Å². The molecule has 5 aliphatic rings. The van der Waals surface area contributed by atoms with Gasteiger partial charge in [-0.1, -0.05) is 55.4 Å². The zero-order valence-corrected chi connectivity index (χ0v) is 23.3. The van der Waals surface area contributed by atoms with Crippen LogP contribution in [0.1, 0.15) is 120 Å². The van der Waals surface area contributed by atoms with Crippen molar-refractivity contribution in [3.8, 4) is 0 Å². The van der Waals surface area contributed by atoms with E-state index in [-0.39, 0.29) is 56.0 Å². The van der Waals surface area contributed by atoms with Gasteiger partial charge in [0.15, 0.2) is 0 Å². The van der Waals surface area contributed by atoms with Crippen molar-refractivity contribution in [1.29, 1.82) is 0 Å². The Hall–Kier alpha value is -0.410. The van der Waals surface area contributed by atoms with Crippen molar-refractivity contribution in [2.75, 3.05) is 0 Å². The maximum Gasteiger partial charge on any atom is 0.126 e. The fourth-order valence-electron chi connectivity index (χ4n) is 11.7. The molecule has 34 heavy (non-hydrogen) atoms. The van der Waals surface area contributed by atoms with Crippen LogP contribution in [0, 0.1) is 55.7 Å². The van der Waals surface area contributed by atoms with Gasteiger partial charge in [-0.05, 0) is 114 Å². The van der Waals surface area contributed by atoms with Gasteiger partial charge in [0, 0.05) is 5.41 Å². The van der Waals surface area contributed by atoms with Gasteiger partial charge in [0.1, 0.15) is 6.29 Å². The molecule has 3 nitrogen and oxygen atoms in total. The smallest absolute Gasteiger partial charge is 0.126 e. The second-order valence-corrected chi connectivity index (χ2v) is 16.1. The van der Waals surface area contributed by atoms with Crippen LogP contribution in [0.4, 0.5) is 0 Å². The third-order valence-corrected chi connectivity index (χ3v) is 14.5. The molecular weight excluding hydrogens is 420 g/mol.